The summed E-state index contributed by atoms with van der Waals surface area (Å²) in [6.07, 6.45) is 9.73. The molecule has 3 aromatic rings. The zero-order valence-corrected chi connectivity index (χ0v) is 25.0. The van der Waals surface area contributed by atoms with Crippen LogP contribution in [0.1, 0.15) is 37.5 Å². The van der Waals surface area contributed by atoms with Gasteiger partial charge in [0.05, 0.1) is 0 Å². The van der Waals surface area contributed by atoms with Crippen LogP contribution >= 0.6 is 18.5 Å². The summed E-state index contributed by atoms with van der Waals surface area (Å²) in [5.74, 6) is 0. The zero-order chi connectivity index (χ0) is 24.8. The van der Waals surface area contributed by atoms with E-state index in [2.05, 4.69) is 106 Å². The van der Waals surface area contributed by atoms with Gasteiger partial charge in [-0.05, 0) is 0 Å². The number of hydrogen-bond acceptors (Lipinski definition) is 2. The van der Waals surface area contributed by atoms with E-state index in [4.69, 9.17) is 9.97 Å². The molecule has 190 valence electrons. The van der Waals surface area contributed by atoms with E-state index in [-0.39, 0.29) is 5.16 Å². The van der Waals surface area contributed by atoms with E-state index in [0.29, 0.717) is 22.7 Å². The predicted molar refractivity (Wildman–Crippen MR) is 152 cm³/mol. The van der Waals surface area contributed by atoms with Crippen LogP contribution in [0.25, 0.3) is 0 Å². The van der Waals surface area contributed by atoms with Crippen LogP contribution in [0.5, 0.6) is 0 Å². The summed E-state index contributed by atoms with van der Waals surface area (Å²) in [6, 6.07) is 21.4. The maximum absolute atomic E-state index is 4.78. The van der Waals surface area contributed by atoms with Gasteiger partial charge in [0.1, 0.15) is 0 Å². The molecule has 0 radical (unpaired) electrons. The molecule has 10 fully saturated rings. The van der Waals surface area contributed by atoms with Gasteiger partial charge < -0.3 is 0 Å². The molecule has 10 aliphatic rings. The third-order valence-electron chi connectivity index (χ3n) is 20.8. The Hall–Kier alpha value is -1.10. The van der Waals surface area contributed by atoms with E-state index in [1.54, 1.807) is 5.56 Å². The molecule has 0 N–H and O–H groups in total. The van der Waals surface area contributed by atoms with Gasteiger partial charge in [-0.3, -0.25) is 0 Å². The van der Waals surface area contributed by atoms with Crippen molar-refractivity contribution in [2.45, 2.75) is 72.1 Å². The Labute approximate surface area is 213 Å². The van der Waals surface area contributed by atoms with Gasteiger partial charge in [0.25, 0.3) is 0 Å². The van der Waals surface area contributed by atoms with Gasteiger partial charge in [-0.1, -0.05) is 0 Å². The summed E-state index contributed by atoms with van der Waals surface area (Å²) >= 11 is 0. The summed E-state index contributed by atoms with van der Waals surface area (Å²) in [4.78, 5) is 16.3. The van der Waals surface area contributed by atoms with E-state index in [1.807, 2.05) is 12.4 Å². The standard InChI is InChI=1S/C27H29N2P2.C5H5.Fe/c1-26(2,3)25-23(19-9-5-4-6-10-19)15-20(18-30)24(25)27(31,21-11-7-13-28-16-21)22-12-8-14-29-17-22;1-2-4-5-3-1;/h4-17H,18,30-31H2,1-3H3;1-5H;. The van der Waals surface area contributed by atoms with Crippen molar-refractivity contribution in [3.63, 3.8) is 0 Å². The van der Waals surface area contributed by atoms with Gasteiger partial charge in [0.2, 0.25) is 0 Å². The van der Waals surface area contributed by atoms with Crippen LogP contribution in [-0.4, -0.2) is 16.1 Å². The predicted octanol–water partition coefficient (Wildman–Crippen LogP) is 8.12. The summed E-state index contributed by atoms with van der Waals surface area (Å²) in [5.41, 5.74) is 4.95. The molecule has 0 saturated carbocycles. The van der Waals surface area contributed by atoms with Crippen molar-refractivity contribution in [3.8, 4) is 0 Å². The Morgan fingerprint density at radius 1 is 0.784 bits per heavy atom. The van der Waals surface area contributed by atoms with Crippen LogP contribution in [0, 0.1) is 5.41 Å². The molecule has 0 bridgehead atoms. The van der Waals surface area contributed by atoms with Crippen LogP contribution in [0.15, 0.2) is 79.4 Å². The second-order valence-electron chi connectivity index (χ2n) is 17.2. The fraction of sp³-hybridized carbons (Fsp3) is 0.500. The average molecular weight is 564 g/mol. The van der Waals surface area contributed by atoms with Crippen LogP contribution in [-0.2, 0) is 16.0 Å². The van der Waals surface area contributed by atoms with E-state index in [0.717, 1.165) is 28.9 Å². The zero-order valence-electron chi connectivity index (χ0n) is 21.6. The van der Waals surface area contributed by atoms with E-state index < -0.39 is 6.51 Å². The summed E-state index contributed by atoms with van der Waals surface area (Å²) in [5, 5.41) is -0.110. The molecule has 1 spiro atoms. The van der Waals surface area contributed by atoms with Gasteiger partial charge in [-0.2, -0.15) is 0 Å². The van der Waals surface area contributed by atoms with E-state index in [9.17, 15) is 0 Å². The van der Waals surface area contributed by atoms with Crippen molar-refractivity contribution in [1.29, 1.82) is 0 Å². The van der Waals surface area contributed by atoms with Gasteiger partial charge in [-0.25, -0.2) is 0 Å². The Balaban J connectivity index is 1.31. The van der Waals surface area contributed by atoms with Crippen molar-refractivity contribution in [1.82, 2.24) is 9.97 Å². The van der Waals surface area contributed by atoms with Gasteiger partial charge in [0, 0.05) is 0 Å². The normalized spacial score (nSPS) is 67.9. The van der Waals surface area contributed by atoms with Crippen LogP contribution in [0.4, 0.5) is 0 Å². The molecular formula is C32H34FeN2P2. The quantitative estimate of drug-likeness (QED) is 0.231. The molecule has 37 heavy (non-hydrogen) atoms. The van der Waals surface area contributed by atoms with E-state index in [1.165, 1.54) is 17.3 Å². The second-order valence-corrected chi connectivity index (χ2v) is 41.1. The van der Waals surface area contributed by atoms with Crippen molar-refractivity contribution < 1.29 is 6.51 Å². The molecular weight excluding hydrogens is 530 g/mol. The van der Waals surface area contributed by atoms with Crippen molar-refractivity contribution >= 4 is 18.5 Å². The fourth-order valence-electron chi connectivity index (χ4n) is 25.1. The van der Waals surface area contributed by atoms with Crippen molar-refractivity contribution in [3.05, 3.63) is 96.1 Å². The van der Waals surface area contributed by atoms with Crippen LogP contribution < -0.4 is 0 Å². The Bertz CT molecular complexity index is 2030. The molecule has 10 saturated heterocycles. The topological polar surface area (TPSA) is 25.8 Å². The Kier molecular flexibility index (Phi) is 1.37. The maximum atomic E-state index is 4.78. The first kappa shape index (κ1) is 19.1. The number of nitrogens with zero attached hydrogens (tertiary/aromatic N) is 2. The summed E-state index contributed by atoms with van der Waals surface area (Å²) in [7, 11) is 7.05. The Morgan fingerprint density at radius 2 is 1.32 bits per heavy atom. The molecule has 7 atom stereocenters. The van der Waals surface area contributed by atoms with Gasteiger partial charge in [-0.15, -0.1) is 0 Å². The van der Waals surface area contributed by atoms with Gasteiger partial charge in [0.15, 0.2) is 0 Å². The fourth-order valence-corrected chi connectivity index (χ4v) is 117. The second kappa shape index (κ2) is 2.66. The molecule has 2 nitrogen and oxygen atoms in total. The molecule has 10 aliphatic heterocycles. The first-order chi connectivity index (χ1) is 17.6. The third kappa shape index (κ3) is 0.376. The number of pyridine rings is 2. The summed E-state index contributed by atoms with van der Waals surface area (Å²) in [6.45, 7) is 3.65. The molecule has 0 amide bonds. The number of rotatable bonds is 5. The molecule has 2 aromatic heterocycles. The molecule has 12 heterocycles. The summed E-state index contributed by atoms with van der Waals surface area (Å²) < 4.78 is 2.04. The third-order valence-corrected chi connectivity index (χ3v) is 68.1. The monoisotopic (exact) mass is 564 g/mol. The Morgan fingerprint density at radius 3 is 1.73 bits per heavy atom. The molecule has 7 unspecified atom stereocenters. The number of aromatic nitrogens is 2. The average Bonchev–Trinajstić information content (AvgIpc) is 3.87. The van der Waals surface area contributed by atoms with Crippen LogP contribution in [0.3, 0.4) is 0 Å². The number of hydrogen-bond donors (Lipinski definition) is 0. The minimum absolute atomic E-state index is 0.110. The van der Waals surface area contributed by atoms with Crippen LogP contribution in [0.2, 0.25) is 41.8 Å². The van der Waals surface area contributed by atoms with Crippen molar-refractivity contribution in [2.75, 3.05) is 6.16 Å². The molecule has 0 aliphatic carbocycles. The van der Waals surface area contributed by atoms with E-state index >= 15 is 0 Å². The first-order valence-electron chi connectivity index (χ1n) is 14.2. The minimum atomic E-state index is -4.42. The van der Waals surface area contributed by atoms with Gasteiger partial charge >= 0.3 is 215 Å². The molecule has 13 rings (SSSR count). The molecule has 5 heteroatoms. The van der Waals surface area contributed by atoms with Crippen molar-refractivity contribution in [2.24, 2.45) is 5.41 Å². The SMILES string of the molecule is CC(C)(C)[C]12[C]3(c4ccccc4)[CH]4[C]5(CP)[C]1(C(P)(c1cccnc1)c1cccnc1)[Fe]45321678[CH]2[CH]1[CH]6[CH]7[CH]28. The molecule has 1 aromatic carbocycles. The first-order valence-corrected chi connectivity index (χ1v) is 21.6. The number of benzene rings is 1. The number of fused-ring (bicyclic) bond motifs is 10.